The van der Waals surface area contributed by atoms with Crippen molar-refractivity contribution in [1.82, 2.24) is 15.2 Å². The molecule has 1 aliphatic rings. The second-order valence-corrected chi connectivity index (χ2v) is 7.51. The van der Waals surface area contributed by atoms with Crippen LogP contribution in [0.15, 0.2) is 24.4 Å². The van der Waals surface area contributed by atoms with Gasteiger partial charge in [0, 0.05) is 18.2 Å². The van der Waals surface area contributed by atoms with Gasteiger partial charge in [0.05, 0.1) is 6.20 Å². The summed E-state index contributed by atoms with van der Waals surface area (Å²) in [5.41, 5.74) is 3.54. The lowest BCUT2D eigenvalue weighted by molar-refractivity contribution is 0.0945. The predicted octanol–water partition coefficient (Wildman–Crippen LogP) is 3.64. The molecule has 2 aromatic rings. The summed E-state index contributed by atoms with van der Waals surface area (Å²) in [5, 5.41) is 3.99. The van der Waals surface area contributed by atoms with Crippen molar-refractivity contribution in [2.75, 3.05) is 19.6 Å². The summed E-state index contributed by atoms with van der Waals surface area (Å²) < 4.78 is 0. The summed E-state index contributed by atoms with van der Waals surface area (Å²) in [6, 6.07) is 6.80. The van der Waals surface area contributed by atoms with E-state index in [2.05, 4.69) is 54.2 Å². The fourth-order valence-corrected chi connectivity index (χ4v) is 4.32. The molecule has 1 saturated heterocycles. The Morgan fingerprint density at radius 1 is 1.42 bits per heavy atom. The first-order valence-electron chi connectivity index (χ1n) is 8.64. The lowest BCUT2D eigenvalue weighted by Crippen LogP contribution is -2.39. The number of hydrogen-bond donors (Lipinski definition) is 1. The van der Waals surface area contributed by atoms with E-state index in [1.165, 1.54) is 35.3 Å². The van der Waals surface area contributed by atoms with Gasteiger partial charge in [-0.3, -0.25) is 9.69 Å². The van der Waals surface area contributed by atoms with Gasteiger partial charge in [-0.25, -0.2) is 4.98 Å². The van der Waals surface area contributed by atoms with Gasteiger partial charge in [0.25, 0.3) is 5.91 Å². The van der Waals surface area contributed by atoms with Crippen molar-refractivity contribution in [3.05, 3.63) is 40.4 Å². The first kappa shape index (κ1) is 17.1. The summed E-state index contributed by atoms with van der Waals surface area (Å²) in [6.45, 7) is 9.28. The zero-order valence-electron chi connectivity index (χ0n) is 14.6. The summed E-state index contributed by atoms with van der Waals surface area (Å²) in [4.78, 5) is 20.0. The van der Waals surface area contributed by atoms with Crippen molar-refractivity contribution in [3.8, 4) is 10.6 Å². The molecule has 128 valence electrons. The first-order valence-corrected chi connectivity index (χ1v) is 9.46. The van der Waals surface area contributed by atoms with E-state index in [0.717, 1.165) is 30.2 Å². The third-order valence-corrected chi connectivity index (χ3v) is 5.77. The van der Waals surface area contributed by atoms with Gasteiger partial charge in [-0.2, -0.15) is 0 Å². The molecule has 1 fully saturated rings. The Kier molecular flexibility index (Phi) is 5.31. The van der Waals surface area contributed by atoms with Crippen LogP contribution in [0, 0.1) is 13.8 Å². The lowest BCUT2D eigenvalue weighted by Gasteiger charge is -2.22. The zero-order chi connectivity index (χ0) is 17.1. The summed E-state index contributed by atoms with van der Waals surface area (Å²) in [5.74, 6) is -0.00790. The molecule has 1 aromatic heterocycles. The smallest absolute Gasteiger partial charge is 0.263 e. The Balaban J connectivity index is 1.65. The van der Waals surface area contributed by atoms with Gasteiger partial charge in [-0.1, -0.05) is 30.7 Å². The number of hydrogen-bond acceptors (Lipinski definition) is 4. The third kappa shape index (κ3) is 3.68. The Morgan fingerprint density at radius 2 is 2.25 bits per heavy atom. The average Bonchev–Trinajstić information content (AvgIpc) is 3.21. The van der Waals surface area contributed by atoms with E-state index in [4.69, 9.17) is 0 Å². The minimum absolute atomic E-state index is 0.00790. The number of benzene rings is 1. The fourth-order valence-electron chi connectivity index (χ4n) is 3.40. The van der Waals surface area contributed by atoms with Crippen molar-refractivity contribution >= 4 is 17.2 Å². The Hall–Kier alpha value is -1.72. The van der Waals surface area contributed by atoms with Gasteiger partial charge in [-0.15, -0.1) is 11.3 Å². The van der Waals surface area contributed by atoms with Gasteiger partial charge in [-0.05, 0) is 45.3 Å². The number of nitrogens with one attached hydrogen (secondary N) is 1. The molecule has 3 rings (SSSR count). The van der Waals surface area contributed by atoms with Gasteiger partial charge in [0.2, 0.25) is 0 Å². The SMILES string of the molecule is CCN1CCC[C@@H]1CNC(=O)c1cnc(-c2ccc(C)cc2C)s1. The normalized spacial score (nSPS) is 18.0. The van der Waals surface area contributed by atoms with E-state index in [-0.39, 0.29) is 5.91 Å². The minimum atomic E-state index is -0.00790. The Morgan fingerprint density at radius 3 is 3.00 bits per heavy atom. The number of carbonyl (C=O) groups is 1. The van der Waals surface area contributed by atoms with Crippen LogP contribution in [-0.2, 0) is 0 Å². The van der Waals surface area contributed by atoms with Crippen LogP contribution in [0.2, 0.25) is 0 Å². The Bertz CT molecular complexity index is 725. The molecule has 0 spiro atoms. The van der Waals surface area contributed by atoms with Crippen LogP contribution in [-0.4, -0.2) is 41.5 Å². The van der Waals surface area contributed by atoms with Crippen molar-refractivity contribution < 1.29 is 4.79 Å². The molecule has 1 N–H and O–H groups in total. The molecule has 0 radical (unpaired) electrons. The number of amides is 1. The van der Waals surface area contributed by atoms with E-state index in [1.54, 1.807) is 6.20 Å². The van der Waals surface area contributed by atoms with E-state index >= 15 is 0 Å². The van der Waals surface area contributed by atoms with Crippen molar-refractivity contribution in [3.63, 3.8) is 0 Å². The summed E-state index contributed by atoms with van der Waals surface area (Å²) in [7, 11) is 0. The number of thiazole rings is 1. The highest BCUT2D eigenvalue weighted by Gasteiger charge is 2.23. The zero-order valence-corrected chi connectivity index (χ0v) is 15.4. The molecule has 2 heterocycles. The standard InChI is InChI=1S/C19H25N3OS/c1-4-22-9-5-6-15(22)11-20-18(23)17-12-21-19(24-17)16-8-7-13(2)10-14(16)3/h7-8,10,12,15H,4-6,9,11H2,1-3H3,(H,20,23)/t15-/m1/s1. The maximum atomic E-state index is 12.4. The van der Waals surface area contributed by atoms with Crippen LogP contribution in [0.3, 0.4) is 0 Å². The number of aromatic nitrogens is 1. The highest BCUT2D eigenvalue weighted by Crippen LogP contribution is 2.28. The third-order valence-electron chi connectivity index (χ3n) is 4.75. The number of likely N-dealkylation sites (tertiary alicyclic amines) is 1. The van der Waals surface area contributed by atoms with Gasteiger partial charge in [0.15, 0.2) is 0 Å². The molecule has 0 unspecified atom stereocenters. The largest absolute Gasteiger partial charge is 0.350 e. The molecule has 1 amide bonds. The number of nitrogens with zero attached hydrogens (tertiary/aromatic N) is 2. The molecule has 0 bridgehead atoms. The highest BCUT2D eigenvalue weighted by molar-refractivity contribution is 7.16. The topological polar surface area (TPSA) is 45.2 Å². The van der Waals surface area contributed by atoms with Crippen molar-refractivity contribution in [2.24, 2.45) is 0 Å². The van der Waals surface area contributed by atoms with Crippen molar-refractivity contribution in [2.45, 2.75) is 39.7 Å². The number of likely N-dealkylation sites (N-methyl/N-ethyl adjacent to an activating group) is 1. The number of carbonyl (C=O) groups excluding carboxylic acids is 1. The van der Waals surface area contributed by atoms with E-state index in [0.29, 0.717) is 10.9 Å². The highest BCUT2D eigenvalue weighted by atomic mass is 32.1. The molecule has 0 aliphatic carbocycles. The summed E-state index contributed by atoms with van der Waals surface area (Å²) >= 11 is 1.47. The van der Waals surface area contributed by atoms with Gasteiger partial charge < -0.3 is 5.32 Å². The molecule has 1 aromatic carbocycles. The average molecular weight is 343 g/mol. The summed E-state index contributed by atoms with van der Waals surface area (Å²) in [6.07, 6.45) is 4.09. The van der Waals surface area contributed by atoms with Gasteiger partial charge >= 0.3 is 0 Å². The van der Waals surface area contributed by atoms with Crippen LogP contribution in [0.1, 0.15) is 40.6 Å². The first-order chi connectivity index (χ1) is 11.6. The fraction of sp³-hybridized carbons (Fsp3) is 0.474. The Labute approximate surface area is 147 Å². The second-order valence-electron chi connectivity index (χ2n) is 6.48. The molecule has 5 heteroatoms. The molecule has 4 nitrogen and oxygen atoms in total. The number of rotatable bonds is 5. The van der Waals surface area contributed by atoms with Crippen LogP contribution in [0.25, 0.3) is 10.6 Å². The van der Waals surface area contributed by atoms with E-state index in [1.807, 2.05) is 0 Å². The van der Waals surface area contributed by atoms with Crippen LogP contribution in [0.5, 0.6) is 0 Å². The van der Waals surface area contributed by atoms with E-state index in [9.17, 15) is 4.79 Å². The van der Waals surface area contributed by atoms with Crippen molar-refractivity contribution in [1.29, 1.82) is 0 Å². The predicted molar refractivity (Wildman–Crippen MR) is 99.6 cm³/mol. The second kappa shape index (κ2) is 7.45. The maximum Gasteiger partial charge on any atom is 0.263 e. The monoisotopic (exact) mass is 343 g/mol. The molecule has 1 aliphatic heterocycles. The van der Waals surface area contributed by atoms with Gasteiger partial charge in [0.1, 0.15) is 9.88 Å². The van der Waals surface area contributed by atoms with Crippen LogP contribution in [0.4, 0.5) is 0 Å². The quantitative estimate of drug-likeness (QED) is 0.901. The lowest BCUT2D eigenvalue weighted by atomic mass is 10.1. The minimum Gasteiger partial charge on any atom is -0.350 e. The van der Waals surface area contributed by atoms with Crippen LogP contribution >= 0.6 is 11.3 Å². The number of aryl methyl sites for hydroxylation is 2. The van der Waals surface area contributed by atoms with Crippen LogP contribution < -0.4 is 5.32 Å². The molecule has 24 heavy (non-hydrogen) atoms. The molecular weight excluding hydrogens is 318 g/mol. The molecule has 0 saturated carbocycles. The molecule has 1 atom stereocenters. The van der Waals surface area contributed by atoms with E-state index < -0.39 is 0 Å². The molecular formula is C19H25N3OS. The maximum absolute atomic E-state index is 12.4.